The number of amides is 2. The van der Waals surface area contributed by atoms with Gasteiger partial charge in [0, 0.05) is 11.1 Å². The zero-order valence-electron chi connectivity index (χ0n) is 11.8. The minimum absolute atomic E-state index is 0.167. The summed E-state index contributed by atoms with van der Waals surface area (Å²) >= 11 is 5.77. The lowest BCUT2D eigenvalue weighted by Gasteiger charge is -2.05. The summed E-state index contributed by atoms with van der Waals surface area (Å²) in [5.74, 6) is -0.697. The predicted molar refractivity (Wildman–Crippen MR) is 86.9 cm³/mol. The van der Waals surface area contributed by atoms with Crippen molar-refractivity contribution in [1.82, 2.24) is 10.9 Å². The molecule has 22 heavy (non-hydrogen) atoms. The van der Waals surface area contributed by atoms with Gasteiger partial charge in [-0.3, -0.25) is 20.4 Å². The van der Waals surface area contributed by atoms with Crippen LogP contribution < -0.4 is 10.9 Å². The van der Waals surface area contributed by atoms with Crippen LogP contribution in [0.1, 0.15) is 11.1 Å². The summed E-state index contributed by atoms with van der Waals surface area (Å²) in [5.41, 5.74) is 6.42. The fraction of sp³-hybridized carbons (Fsp3) is 0.0588. The molecule has 0 aliphatic rings. The second-order valence-electron chi connectivity index (χ2n) is 4.58. The molecule has 0 aliphatic heterocycles. The van der Waals surface area contributed by atoms with E-state index in [4.69, 9.17) is 11.6 Å². The molecule has 0 bridgehead atoms. The molecule has 2 rings (SSSR count). The van der Waals surface area contributed by atoms with Crippen LogP contribution in [0.4, 0.5) is 0 Å². The number of rotatable bonds is 4. The van der Waals surface area contributed by atoms with E-state index in [0.717, 1.165) is 11.1 Å². The van der Waals surface area contributed by atoms with E-state index in [9.17, 15) is 9.59 Å². The number of nitrogens with one attached hydrogen (secondary N) is 2. The molecule has 2 aromatic rings. The third-order valence-corrected chi connectivity index (χ3v) is 3.08. The number of halogens is 1. The smallest absolute Gasteiger partial charge is 0.262 e. The maximum Gasteiger partial charge on any atom is 0.262 e. The number of benzene rings is 2. The molecule has 0 unspecified atom stereocenters. The normalized spacial score (nSPS) is 10.4. The monoisotopic (exact) mass is 314 g/mol. The van der Waals surface area contributed by atoms with E-state index in [1.54, 1.807) is 30.3 Å². The summed E-state index contributed by atoms with van der Waals surface area (Å²) in [6, 6.07) is 16.4. The Hall–Kier alpha value is -2.59. The Morgan fingerprint density at radius 3 is 2.32 bits per heavy atom. The van der Waals surface area contributed by atoms with Gasteiger partial charge in [0.15, 0.2) is 0 Å². The standard InChI is InChI=1S/C17H15ClN2O2/c18-15-9-6-14(7-10-15)12-17(22)20-19-16(21)11-8-13-4-2-1-3-5-13/h1-11H,12H2,(H,19,21)(H,20,22). The van der Waals surface area contributed by atoms with Crippen LogP contribution in [0, 0.1) is 0 Å². The molecule has 2 aromatic carbocycles. The van der Waals surface area contributed by atoms with E-state index in [-0.39, 0.29) is 12.3 Å². The maximum atomic E-state index is 11.7. The molecule has 0 heterocycles. The minimum atomic E-state index is -0.395. The van der Waals surface area contributed by atoms with Gasteiger partial charge in [-0.25, -0.2) is 0 Å². The highest BCUT2D eigenvalue weighted by Gasteiger charge is 2.04. The Morgan fingerprint density at radius 1 is 0.955 bits per heavy atom. The van der Waals surface area contributed by atoms with Crippen molar-refractivity contribution in [1.29, 1.82) is 0 Å². The Morgan fingerprint density at radius 2 is 1.64 bits per heavy atom. The van der Waals surface area contributed by atoms with Crippen molar-refractivity contribution in [3.8, 4) is 0 Å². The van der Waals surface area contributed by atoms with Gasteiger partial charge in [-0.15, -0.1) is 0 Å². The van der Waals surface area contributed by atoms with E-state index in [1.165, 1.54) is 6.08 Å². The molecule has 0 saturated heterocycles. The van der Waals surface area contributed by atoms with Gasteiger partial charge in [-0.05, 0) is 29.3 Å². The Balaban J connectivity index is 1.77. The summed E-state index contributed by atoms with van der Waals surface area (Å²) < 4.78 is 0. The average molecular weight is 315 g/mol. The first-order chi connectivity index (χ1) is 10.6. The van der Waals surface area contributed by atoms with Crippen LogP contribution in [-0.2, 0) is 16.0 Å². The van der Waals surface area contributed by atoms with Crippen LogP contribution in [0.15, 0.2) is 60.7 Å². The third kappa shape index (κ3) is 5.42. The van der Waals surface area contributed by atoms with Crippen molar-refractivity contribution in [2.75, 3.05) is 0 Å². The highest BCUT2D eigenvalue weighted by atomic mass is 35.5. The fourth-order valence-corrected chi connectivity index (χ4v) is 1.87. The molecular weight excluding hydrogens is 300 g/mol. The number of hydrogen-bond donors (Lipinski definition) is 2. The van der Waals surface area contributed by atoms with Crippen LogP contribution in [0.2, 0.25) is 5.02 Å². The minimum Gasteiger partial charge on any atom is -0.273 e. The number of hydrogen-bond acceptors (Lipinski definition) is 2. The number of carbonyl (C=O) groups excluding carboxylic acids is 2. The van der Waals surface area contributed by atoms with E-state index in [1.807, 2.05) is 30.3 Å². The topological polar surface area (TPSA) is 58.2 Å². The molecule has 5 heteroatoms. The summed E-state index contributed by atoms with van der Waals surface area (Å²) in [4.78, 5) is 23.3. The van der Waals surface area contributed by atoms with Crippen LogP contribution in [0.25, 0.3) is 6.08 Å². The quantitative estimate of drug-likeness (QED) is 0.673. The second-order valence-corrected chi connectivity index (χ2v) is 5.02. The molecule has 112 valence electrons. The molecule has 2 amide bonds. The average Bonchev–Trinajstić information content (AvgIpc) is 2.54. The molecule has 0 spiro atoms. The van der Waals surface area contributed by atoms with Crippen LogP contribution >= 0.6 is 11.6 Å². The SMILES string of the molecule is O=C(C=Cc1ccccc1)NNC(=O)Cc1ccc(Cl)cc1. The molecule has 0 radical (unpaired) electrons. The van der Waals surface area contributed by atoms with Gasteiger partial charge in [0.2, 0.25) is 5.91 Å². The Bertz CT molecular complexity index is 667. The predicted octanol–water partition coefficient (Wildman–Crippen LogP) is 2.74. The van der Waals surface area contributed by atoms with E-state index in [2.05, 4.69) is 10.9 Å². The third-order valence-electron chi connectivity index (χ3n) is 2.83. The molecular formula is C17H15ClN2O2. The van der Waals surface area contributed by atoms with Crippen molar-refractivity contribution in [3.05, 3.63) is 76.8 Å². The molecule has 0 aliphatic carbocycles. The van der Waals surface area contributed by atoms with Gasteiger partial charge in [0.05, 0.1) is 6.42 Å². The van der Waals surface area contributed by atoms with E-state index < -0.39 is 5.91 Å². The van der Waals surface area contributed by atoms with Crippen LogP contribution in [0.3, 0.4) is 0 Å². The van der Waals surface area contributed by atoms with Gasteiger partial charge in [-0.1, -0.05) is 54.1 Å². The van der Waals surface area contributed by atoms with Gasteiger partial charge in [0.25, 0.3) is 5.91 Å². The Kier molecular flexibility index (Phi) is 5.74. The first-order valence-electron chi connectivity index (χ1n) is 6.70. The fourth-order valence-electron chi connectivity index (χ4n) is 1.74. The van der Waals surface area contributed by atoms with E-state index in [0.29, 0.717) is 5.02 Å². The number of carbonyl (C=O) groups is 2. The lowest BCUT2D eigenvalue weighted by atomic mass is 10.1. The van der Waals surface area contributed by atoms with Crippen molar-refractivity contribution >= 4 is 29.5 Å². The molecule has 0 saturated carbocycles. The highest BCUT2D eigenvalue weighted by Crippen LogP contribution is 2.09. The molecule has 4 nitrogen and oxygen atoms in total. The zero-order chi connectivity index (χ0) is 15.8. The van der Waals surface area contributed by atoms with Gasteiger partial charge < -0.3 is 0 Å². The van der Waals surface area contributed by atoms with Crippen molar-refractivity contribution in [3.63, 3.8) is 0 Å². The molecule has 0 fully saturated rings. The summed E-state index contributed by atoms with van der Waals surface area (Å²) in [5, 5.41) is 0.614. The number of hydrazine groups is 1. The molecule has 0 atom stereocenters. The summed E-state index contributed by atoms with van der Waals surface area (Å²) in [6.07, 6.45) is 3.19. The first-order valence-corrected chi connectivity index (χ1v) is 7.08. The lowest BCUT2D eigenvalue weighted by Crippen LogP contribution is -2.41. The largest absolute Gasteiger partial charge is 0.273 e. The summed E-state index contributed by atoms with van der Waals surface area (Å²) in [7, 11) is 0. The van der Waals surface area contributed by atoms with Crippen molar-refractivity contribution in [2.24, 2.45) is 0 Å². The lowest BCUT2D eigenvalue weighted by molar-refractivity contribution is -0.126. The van der Waals surface area contributed by atoms with Gasteiger partial charge in [0.1, 0.15) is 0 Å². The van der Waals surface area contributed by atoms with Crippen molar-refractivity contribution in [2.45, 2.75) is 6.42 Å². The Labute approximate surface area is 133 Å². The highest BCUT2D eigenvalue weighted by molar-refractivity contribution is 6.30. The summed E-state index contributed by atoms with van der Waals surface area (Å²) in [6.45, 7) is 0. The zero-order valence-corrected chi connectivity index (χ0v) is 12.5. The maximum absolute atomic E-state index is 11.7. The first kappa shape index (κ1) is 15.8. The van der Waals surface area contributed by atoms with E-state index >= 15 is 0 Å². The van der Waals surface area contributed by atoms with Crippen LogP contribution in [-0.4, -0.2) is 11.8 Å². The van der Waals surface area contributed by atoms with Gasteiger partial charge >= 0.3 is 0 Å². The molecule has 2 N–H and O–H groups in total. The van der Waals surface area contributed by atoms with Crippen molar-refractivity contribution < 1.29 is 9.59 Å². The van der Waals surface area contributed by atoms with Gasteiger partial charge in [-0.2, -0.15) is 0 Å². The molecule has 0 aromatic heterocycles. The second kappa shape index (κ2) is 8.00. The van der Waals surface area contributed by atoms with Crippen LogP contribution in [0.5, 0.6) is 0 Å².